The van der Waals surface area contributed by atoms with Gasteiger partial charge in [0.2, 0.25) is 0 Å². The molecule has 0 radical (unpaired) electrons. The number of hydrogen-bond donors (Lipinski definition) is 4. The number of rotatable bonds is 14. The van der Waals surface area contributed by atoms with Gasteiger partial charge in [-0.25, -0.2) is 0 Å². The van der Waals surface area contributed by atoms with Crippen LogP contribution in [0.15, 0.2) is 24.3 Å². The molecule has 0 aliphatic rings. The summed E-state index contributed by atoms with van der Waals surface area (Å²) in [6.45, 7) is 3.24. The highest BCUT2D eigenvalue weighted by Gasteiger charge is 2.25. The Hall–Kier alpha value is -0.710. The van der Waals surface area contributed by atoms with Crippen molar-refractivity contribution in [2.45, 2.75) is 77.1 Å². The third-order valence-corrected chi connectivity index (χ3v) is 5.42. The molecule has 1 aromatic rings. The zero-order valence-corrected chi connectivity index (χ0v) is 16.3. The van der Waals surface area contributed by atoms with Crippen LogP contribution in [0, 0.1) is 0 Å². The van der Waals surface area contributed by atoms with Gasteiger partial charge in [-0.3, -0.25) is 4.57 Å². The molecular weight excluding hydrogens is 337 g/mol. The summed E-state index contributed by atoms with van der Waals surface area (Å²) in [7, 11) is -4.38. The van der Waals surface area contributed by atoms with E-state index in [1.165, 1.54) is 50.5 Å². The molecule has 0 fully saturated rings. The van der Waals surface area contributed by atoms with Gasteiger partial charge in [0.05, 0.1) is 0 Å². The first-order valence-corrected chi connectivity index (χ1v) is 11.1. The van der Waals surface area contributed by atoms with Crippen LogP contribution in [0.3, 0.4) is 0 Å². The van der Waals surface area contributed by atoms with E-state index in [2.05, 4.69) is 36.5 Å². The largest absolute Gasteiger partial charge is 0.380 e. The highest BCUT2D eigenvalue weighted by atomic mass is 31.2. The van der Waals surface area contributed by atoms with E-state index < -0.39 is 13.4 Å². The van der Waals surface area contributed by atoms with E-state index in [-0.39, 0.29) is 6.42 Å². The first-order valence-electron chi connectivity index (χ1n) is 9.45. The molecule has 1 rings (SSSR count). The number of hydrogen-bond acceptors (Lipinski definition) is 3. The maximum Gasteiger partial charge on any atom is 0.353 e. The fourth-order valence-corrected chi connectivity index (χ4v) is 3.21. The number of aliphatic hydroxyl groups is 1. The van der Waals surface area contributed by atoms with Crippen molar-refractivity contribution in [3.05, 3.63) is 35.4 Å². The van der Waals surface area contributed by atoms with Crippen molar-refractivity contribution < 1.29 is 19.5 Å². The summed E-state index contributed by atoms with van der Waals surface area (Å²) < 4.78 is 10.8. The maximum atomic E-state index is 10.8. The maximum absolute atomic E-state index is 10.8. The van der Waals surface area contributed by atoms with E-state index in [0.29, 0.717) is 13.1 Å². The molecule has 0 heterocycles. The van der Waals surface area contributed by atoms with E-state index in [1.54, 1.807) is 0 Å². The lowest BCUT2D eigenvalue weighted by atomic mass is 10.0. The van der Waals surface area contributed by atoms with Gasteiger partial charge in [-0.15, -0.1) is 0 Å². The molecule has 25 heavy (non-hydrogen) atoms. The van der Waals surface area contributed by atoms with Crippen molar-refractivity contribution >= 4 is 7.60 Å². The summed E-state index contributed by atoms with van der Waals surface area (Å²) in [6.07, 6.45) is 10.4. The normalized spacial score (nSPS) is 13.1. The molecule has 0 unspecified atom stereocenters. The molecule has 1 atom stereocenters. The average molecular weight is 371 g/mol. The number of unbranched alkanes of at least 4 members (excludes halogenated alkanes) is 6. The van der Waals surface area contributed by atoms with E-state index in [1.807, 2.05) is 0 Å². The van der Waals surface area contributed by atoms with E-state index in [9.17, 15) is 9.67 Å². The first kappa shape index (κ1) is 22.3. The molecule has 1 aromatic carbocycles. The van der Waals surface area contributed by atoms with Crippen molar-refractivity contribution in [1.29, 1.82) is 0 Å². The highest BCUT2D eigenvalue weighted by molar-refractivity contribution is 7.52. The number of aliphatic hydroxyl groups excluding tert-OH is 1. The van der Waals surface area contributed by atoms with Crippen molar-refractivity contribution in [2.24, 2.45) is 0 Å². The van der Waals surface area contributed by atoms with Gasteiger partial charge >= 0.3 is 7.60 Å². The number of aryl methyl sites for hydroxylation is 1. The van der Waals surface area contributed by atoms with Gasteiger partial charge in [0.25, 0.3) is 0 Å². The van der Waals surface area contributed by atoms with Gasteiger partial charge in [-0.2, -0.15) is 0 Å². The molecule has 0 spiro atoms. The topological polar surface area (TPSA) is 89.8 Å². The van der Waals surface area contributed by atoms with Crippen LogP contribution in [0.1, 0.15) is 69.4 Å². The minimum Gasteiger partial charge on any atom is -0.380 e. The smallest absolute Gasteiger partial charge is 0.353 e. The minimum atomic E-state index is -4.38. The lowest BCUT2D eigenvalue weighted by Crippen LogP contribution is -2.20. The Morgan fingerprint density at radius 1 is 0.960 bits per heavy atom. The number of nitrogens with one attached hydrogen (secondary N) is 1. The molecule has 6 heteroatoms. The van der Waals surface area contributed by atoms with Gasteiger partial charge in [0.1, 0.15) is 0 Å². The zero-order chi connectivity index (χ0) is 18.5. The van der Waals surface area contributed by atoms with Crippen LogP contribution in [0.2, 0.25) is 0 Å². The van der Waals surface area contributed by atoms with E-state index in [0.717, 1.165) is 12.0 Å². The predicted octanol–water partition coefficient (Wildman–Crippen LogP) is 3.96. The Bertz CT molecular complexity index is 501. The summed E-state index contributed by atoms with van der Waals surface area (Å²) in [5, 5.41) is 12.4. The van der Waals surface area contributed by atoms with Crippen molar-refractivity contribution in [2.75, 3.05) is 6.54 Å². The molecule has 0 bridgehead atoms. The third-order valence-electron chi connectivity index (χ3n) is 4.39. The molecule has 0 aromatic heterocycles. The standard InChI is InChI=1S/C19H34NO4P/c1-2-3-4-5-6-7-8-9-17-10-12-18(13-11-17)16-20-15-14-19(21)25(22,23)24/h10-13,19-21H,2-9,14-16H2,1H3,(H2,22,23,24)/t19-/m0/s1. The molecule has 4 N–H and O–H groups in total. The third kappa shape index (κ3) is 10.8. The molecule has 5 nitrogen and oxygen atoms in total. The fraction of sp³-hybridized carbons (Fsp3) is 0.684. The summed E-state index contributed by atoms with van der Waals surface area (Å²) in [5.41, 5.74) is 2.49. The van der Waals surface area contributed by atoms with Crippen LogP contribution in [-0.4, -0.2) is 27.3 Å². The second-order valence-corrected chi connectivity index (χ2v) is 8.50. The first-order chi connectivity index (χ1) is 11.9. The lowest BCUT2D eigenvalue weighted by Gasteiger charge is -2.12. The second-order valence-electron chi connectivity index (χ2n) is 6.72. The zero-order valence-electron chi connectivity index (χ0n) is 15.4. The summed E-state index contributed by atoms with van der Waals surface area (Å²) >= 11 is 0. The average Bonchev–Trinajstić information content (AvgIpc) is 2.58. The highest BCUT2D eigenvalue weighted by Crippen LogP contribution is 2.40. The number of benzene rings is 1. The monoisotopic (exact) mass is 371 g/mol. The Morgan fingerprint density at radius 3 is 2.12 bits per heavy atom. The molecule has 0 amide bonds. The van der Waals surface area contributed by atoms with Crippen LogP contribution in [-0.2, 0) is 17.5 Å². The van der Waals surface area contributed by atoms with Crippen molar-refractivity contribution in [1.82, 2.24) is 5.32 Å². The van der Waals surface area contributed by atoms with Gasteiger partial charge < -0.3 is 20.2 Å². The van der Waals surface area contributed by atoms with Crippen molar-refractivity contribution in [3.63, 3.8) is 0 Å². The van der Waals surface area contributed by atoms with Crippen molar-refractivity contribution in [3.8, 4) is 0 Å². The molecule has 0 aliphatic carbocycles. The summed E-state index contributed by atoms with van der Waals surface area (Å²) in [6, 6.07) is 8.48. The Kier molecular flexibility index (Phi) is 11.3. The van der Waals surface area contributed by atoms with Gasteiger partial charge in [-0.05, 0) is 36.9 Å². The van der Waals surface area contributed by atoms with E-state index in [4.69, 9.17) is 9.79 Å². The summed E-state index contributed by atoms with van der Waals surface area (Å²) in [4.78, 5) is 17.6. The predicted molar refractivity (Wildman–Crippen MR) is 103 cm³/mol. The SMILES string of the molecule is CCCCCCCCCc1ccc(CNCC[C@@H](O)P(=O)(O)O)cc1. The van der Waals surface area contributed by atoms with E-state index >= 15 is 0 Å². The van der Waals surface area contributed by atoms with Gasteiger partial charge in [0.15, 0.2) is 5.85 Å². The second kappa shape index (κ2) is 12.6. The molecule has 0 saturated carbocycles. The van der Waals surface area contributed by atoms with Gasteiger partial charge in [0, 0.05) is 6.54 Å². The molecule has 144 valence electrons. The summed E-state index contributed by atoms with van der Waals surface area (Å²) in [5.74, 6) is -1.58. The molecule has 0 aliphatic heterocycles. The van der Waals surface area contributed by atoms with Crippen LogP contribution >= 0.6 is 7.60 Å². The lowest BCUT2D eigenvalue weighted by molar-refractivity contribution is 0.193. The Labute approximate surface area is 152 Å². The fourth-order valence-electron chi connectivity index (χ4n) is 2.74. The quantitative estimate of drug-likeness (QED) is 0.294. The van der Waals surface area contributed by atoms with Crippen LogP contribution < -0.4 is 5.32 Å². The minimum absolute atomic E-state index is 0.0423. The molecule has 0 saturated heterocycles. The Morgan fingerprint density at radius 2 is 1.52 bits per heavy atom. The Balaban J connectivity index is 2.14. The van der Waals surface area contributed by atoms with Crippen LogP contribution in [0.4, 0.5) is 0 Å². The van der Waals surface area contributed by atoms with Crippen LogP contribution in [0.5, 0.6) is 0 Å². The molecular formula is C19H34NO4P. The van der Waals surface area contributed by atoms with Crippen LogP contribution in [0.25, 0.3) is 0 Å². The van der Waals surface area contributed by atoms with Gasteiger partial charge in [-0.1, -0.05) is 69.7 Å².